The lowest BCUT2D eigenvalue weighted by molar-refractivity contribution is 0.0636. The maximum absolute atomic E-state index is 11.9. The van der Waals surface area contributed by atoms with Crippen LogP contribution < -0.4 is 10.6 Å². The van der Waals surface area contributed by atoms with E-state index in [4.69, 9.17) is 10.1 Å². The van der Waals surface area contributed by atoms with Crippen LogP contribution in [0.15, 0.2) is 12.1 Å². The minimum absolute atomic E-state index is 0.518. The largest absolute Gasteiger partial charge is 0.444 e. The molecule has 0 spiro atoms. The molecule has 0 bridgehead atoms. The Balaban J connectivity index is 3.02. The first kappa shape index (κ1) is 17.0. The highest BCUT2D eigenvalue weighted by Gasteiger charge is 2.18. The predicted octanol–water partition coefficient (Wildman–Crippen LogP) is 4.16. The summed E-state index contributed by atoms with van der Waals surface area (Å²) in [5, 5.41) is 13.6. The summed E-state index contributed by atoms with van der Waals surface area (Å²) < 4.78 is 5.25. The molecule has 1 aromatic rings. The van der Waals surface area contributed by atoms with Gasteiger partial charge in [0.2, 0.25) is 0 Å². The Labute approximate surface area is 126 Å². The molecule has 0 aliphatic heterocycles. The molecule has 0 saturated heterocycles. The average molecular weight is 291 g/mol. The summed E-state index contributed by atoms with van der Waals surface area (Å²) in [6.07, 6.45) is 1.72. The van der Waals surface area contributed by atoms with Crippen LogP contribution in [-0.2, 0) is 4.74 Å². The summed E-state index contributed by atoms with van der Waals surface area (Å²) in [6.45, 7) is 10.3. The third kappa shape index (κ3) is 5.10. The zero-order valence-electron chi connectivity index (χ0n) is 13.5. The molecular weight excluding hydrogens is 266 g/mol. The molecule has 1 amide bonds. The zero-order valence-corrected chi connectivity index (χ0v) is 13.5. The number of rotatable bonds is 5. The Hall–Kier alpha value is -2.04. The van der Waals surface area contributed by atoms with E-state index in [0.717, 1.165) is 24.2 Å². The van der Waals surface area contributed by atoms with Crippen molar-refractivity contribution in [3.05, 3.63) is 23.3 Å². The van der Waals surface area contributed by atoms with Crippen molar-refractivity contribution in [3.8, 4) is 0 Å². The van der Waals surface area contributed by atoms with Gasteiger partial charge in [0.1, 0.15) is 5.60 Å². The minimum Gasteiger partial charge on any atom is -0.444 e. The molecule has 1 aromatic carbocycles. The van der Waals surface area contributed by atoms with Gasteiger partial charge in [-0.25, -0.2) is 4.79 Å². The van der Waals surface area contributed by atoms with E-state index >= 15 is 0 Å². The summed E-state index contributed by atoms with van der Waals surface area (Å²) in [5.41, 5.74) is 2.60. The van der Waals surface area contributed by atoms with Crippen LogP contribution in [0.5, 0.6) is 0 Å². The molecule has 21 heavy (non-hydrogen) atoms. The van der Waals surface area contributed by atoms with Crippen LogP contribution in [0.1, 0.15) is 45.2 Å². The van der Waals surface area contributed by atoms with Crippen LogP contribution in [0.2, 0.25) is 0 Å². The van der Waals surface area contributed by atoms with Gasteiger partial charge in [-0.1, -0.05) is 13.0 Å². The van der Waals surface area contributed by atoms with Gasteiger partial charge in [0.25, 0.3) is 0 Å². The van der Waals surface area contributed by atoms with Crippen molar-refractivity contribution in [2.45, 2.75) is 46.6 Å². The van der Waals surface area contributed by atoms with Crippen molar-refractivity contribution in [1.29, 1.82) is 5.41 Å². The minimum atomic E-state index is -0.553. The van der Waals surface area contributed by atoms with Crippen LogP contribution in [0.4, 0.5) is 16.2 Å². The molecule has 5 nitrogen and oxygen atoms in total. The van der Waals surface area contributed by atoms with Gasteiger partial charge in [-0.05, 0) is 45.7 Å². The molecule has 5 heteroatoms. The maximum atomic E-state index is 11.9. The number of carbonyl (C=O) groups is 1. The van der Waals surface area contributed by atoms with Crippen LogP contribution in [0.3, 0.4) is 0 Å². The molecule has 0 heterocycles. The second kappa shape index (κ2) is 7.11. The van der Waals surface area contributed by atoms with Crippen LogP contribution in [0, 0.1) is 12.3 Å². The van der Waals surface area contributed by atoms with Gasteiger partial charge in [-0.3, -0.25) is 5.32 Å². The average Bonchev–Trinajstić information content (AvgIpc) is 2.36. The van der Waals surface area contributed by atoms with E-state index in [9.17, 15) is 4.79 Å². The van der Waals surface area contributed by atoms with E-state index in [0.29, 0.717) is 11.3 Å². The number of benzene rings is 1. The summed E-state index contributed by atoms with van der Waals surface area (Å²) in [6, 6.07) is 3.70. The SMILES string of the molecule is CCCNc1c(C)ccc(NC(=O)OC(C)(C)C)c1C=N. The van der Waals surface area contributed by atoms with Crippen molar-refractivity contribution in [1.82, 2.24) is 0 Å². The Morgan fingerprint density at radius 3 is 2.57 bits per heavy atom. The molecule has 116 valence electrons. The smallest absolute Gasteiger partial charge is 0.412 e. The lowest BCUT2D eigenvalue weighted by Gasteiger charge is -2.21. The zero-order chi connectivity index (χ0) is 16.0. The number of ether oxygens (including phenoxy) is 1. The summed E-state index contributed by atoms with van der Waals surface area (Å²) in [7, 11) is 0. The highest BCUT2D eigenvalue weighted by molar-refractivity contribution is 5.99. The van der Waals surface area contributed by atoms with Crippen molar-refractivity contribution in [2.75, 3.05) is 17.2 Å². The quantitative estimate of drug-likeness (QED) is 0.713. The van der Waals surface area contributed by atoms with E-state index in [1.807, 2.05) is 33.8 Å². The Morgan fingerprint density at radius 2 is 2.05 bits per heavy atom. The molecule has 0 unspecified atom stereocenters. The standard InChI is InChI=1S/C16H25N3O2/c1-6-9-18-14-11(2)7-8-13(12(14)10-17)19-15(20)21-16(3,4)5/h7-8,10,17-18H,6,9H2,1-5H3,(H,19,20). The predicted molar refractivity (Wildman–Crippen MR) is 87.7 cm³/mol. The molecule has 0 aliphatic carbocycles. The van der Waals surface area contributed by atoms with E-state index in [2.05, 4.69) is 17.6 Å². The molecular formula is C16H25N3O2. The molecule has 0 atom stereocenters. The van der Waals surface area contributed by atoms with Gasteiger partial charge in [-0.15, -0.1) is 0 Å². The first-order valence-corrected chi connectivity index (χ1v) is 7.16. The van der Waals surface area contributed by atoms with Crippen molar-refractivity contribution in [3.63, 3.8) is 0 Å². The van der Waals surface area contributed by atoms with Crippen molar-refractivity contribution >= 4 is 23.7 Å². The maximum Gasteiger partial charge on any atom is 0.412 e. The van der Waals surface area contributed by atoms with Gasteiger partial charge in [0.05, 0.1) is 5.69 Å². The normalized spacial score (nSPS) is 10.9. The molecule has 0 radical (unpaired) electrons. The highest BCUT2D eigenvalue weighted by Crippen LogP contribution is 2.27. The molecule has 1 rings (SSSR count). The first-order valence-electron chi connectivity index (χ1n) is 7.16. The monoisotopic (exact) mass is 291 g/mol. The van der Waals surface area contributed by atoms with E-state index in [1.54, 1.807) is 6.07 Å². The Kier molecular flexibility index (Phi) is 5.76. The second-order valence-corrected chi connectivity index (χ2v) is 5.92. The third-order valence-electron chi connectivity index (χ3n) is 2.79. The van der Waals surface area contributed by atoms with Gasteiger partial charge >= 0.3 is 6.09 Å². The van der Waals surface area contributed by atoms with E-state index < -0.39 is 11.7 Å². The number of hydrogen-bond donors (Lipinski definition) is 3. The third-order valence-corrected chi connectivity index (χ3v) is 2.79. The molecule has 0 aliphatic rings. The van der Waals surface area contributed by atoms with Crippen LogP contribution in [0.25, 0.3) is 0 Å². The fourth-order valence-corrected chi connectivity index (χ4v) is 1.89. The van der Waals surface area contributed by atoms with Crippen molar-refractivity contribution < 1.29 is 9.53 Å². The number of carbonyl (C=O) groups excluding carboxylic acids is 1. The van der Waals surface area contributed by atoms with Gasteiger partial charge < -0.3 is 15.5 Å². The topological polar surface area (TPSA) is 74.2 Å². The highest BCUT2D eigenvalue weighted by atomic mass is 16.6. The number of aryl methyl sites for hydroxylation is 1. The summed E-state index contributed by atoms with van der Waals surface area (Å²) >= 11 is 0. The fraction of sp³-hybridized carbons (Fsp3) is 0.500. The number of anilines is 2. The van der Waals surface area contributed by atoms with E-state index in [-0.39, 0.29) is 0 Å². The molecule has 0 saturated carbocycles. The Bertz CT molecular complexity index is 519. The van der Waals surface area contributed by atoms with Gasteiger partial charge in [0.15, 0.2) is 0 Å². The molecule has 0 fully saturated rings. The molecule has 0 aromatic heterocycles. The lowest BCUT2D eigenvalue weighted by Crippen LogP contribution is -2.27. The second-order valence-electron chi connectivity index (χ2n) is 5.92. The summed E-state index contributed by atoms with van der Waals surface area (Å²) in [5.74, 6) is 0. The number of amides is 1. The van der Waals surface area contributed by atoms with E-state index in [1.165, 1.54) is 6.21 Å². The lowest BCUT2D eigenvalue weighted by atomic mass is 10.1. The molecule has 3 N–H and O–H groups in total. The number of nitrogens with one attached hydrogen (secondary N) is 3. The fourth-order valence-electron chi connectivity index (χ4n) is 1.89. The van der Waals surface area contributed by atoms with Gasteiger partial charge in [-0.2, -0.15) is 0 Å². The summed E-state index contributed by atoms with van der Waals surface area (Å²) in [4.78, 5) is 11.9. The van der Waals surface area contributed by atoms with Gasteiger partial charge in [0, 0.05) is 24.0 Å². The van der Waals surface area contributed by atoms with Crippen LogP contribution in [-0.4, -0.2) is 24.5 Å². The van der Waals surface area contributed by atoms with Crippen LogP contribution >= 0.6 is 0 Å². The number of hydrogen-bond acceptors (Lipinski definition) is 4. The van der Waals surface area contributed by atoms with Crippen molar-refractivity contribution in [2.24, 2.45) is 0 Å². The Morgan fingerprint density at radius 1 is 1.38 bits per heavy atom. The first-order chi connectivity index (χ1) is 9.78.